The second kappa shape index (κ2) is 12.5. The zero-order valence-corrected chi connectivity index (χ0v) is 20.5. The summed E-state index contributed by atoms with van der Waals surface area (Å²) in [6.07, 6.45) is -4.77. The molecule has 180 valence electrons. The van der Waals surface area contributed by atoms with Gasteiger partial charge in [0.15, 0.2) is 5.96 Å². The summed E-state index contributed by atoms with van der Waals surface area (Å²) in [6, 6.07) is 15.9. The molecule has 1 saturated heterocycles. The van der Waals surface area contributed by atoms with Crippen LogP contribution in [0.3, 0.4) is 0 Å². The first-order valence-corrected chi connectivity index (χ1v) is 10.2. The predicted octanol–water partition coefficient (Wildman–Crippen LogP) is 3.22. The number of aliphatic imine (C=N–C) groups is 1. The minimum Gasteiger partial charge on any atom is -0.405 e. The van der Waals surface area contributed by atoms with E-state index < -0.39 is 6.36 Å². The molecule has 0 atom stereocenters. The number of amides is 1. The Hall–Kier alpha value is -2.70. The van der Waals surface area contributed by atoms with E-state index in [1.165, 1.54) is 25.2 Å². The lowest BCUT2D eigenvalue weighted by Crippen LogP contribution is -2.52. The fourth-order valence-corrected chi connectivity index (χ4v) is 3.40. The summed E-state index contributed by atoms with van der Waals surface area (Å²) < 4.78 is 41.8. The normalized spacial score (nSPS) is 14.4. The van der Waals surface area contributed by atoms with Gasteiger partial charge in [-0.3, -0.25) is 9.79 Å². The number of nitrogens with zero attached hydrogens (tertiary/aromatic N) is 3. The average Bonchev–Trinajstić information content (AvgIpc) is 2.79. The molecular formula is C22H27F3IN5O2. The van der Waals surface area contributed by atoms with Gasteiger partial charge in [0.2, 0.25) is 5.91 Å². The molecule has 1 aliphatic rings. The lowest BCUT2D eigenvalue weighted by Gasteiger charge is -2.36. The highest BCUT2D eigenvalue weighted by atomic mass is 127. The van der Waals surface area contributed by atoms with Gasteiger partial charge in [0, 0.05) is 51.0 Å². The second-order valence-corrected chi connectivity index (χ2v) is 7.14. The quantitative estimate of drug-likeness (QED) is 0.314. The van der Waals surface area contributed by atoms with Crippen LogP contribution in [-0.4, -0.2) is 62.9 Å². The van der Waals surface area contributed by atoms with E-state index in [-0.39, 0.29) is 48.7 Å². The number of para-hydroxylation sites is 2. The van der Waals surface area contributed by atoms with E-state index in [2.05, 4.69) is 25.3 Å². The van der Waals surface area contributed by atoms with Gasteiger partial charge >= 0.3 is 6.36 Å². The van der Waals surface area contributed by atoms with Gasteiger partial charge in [-0.1, -0.05) is 36.4 Å². The van der Waals surface area contributed by atoms with Gasteiger partial charge in [-0.2, -0.15) is 0 Å². The third-order valence-electron chi connectivity index (χ3n) is 5.03. The monoisotopic (exact) mass is 577 g/mol. The van der Waals surface area contributed by atoms with E-state index in [4.69, 9.17) is 0 Å². The van der Waals surface area contributed by atoms with E-state index in [9.17, 15) is 18.0 Å². The highest BCUT2D eigenvalue weighted by molar-refractivity contribution is 14.0. The third-order valence-corrected chi connectivity index (χ3v) is 5.03. The molecule has 11 heteroatoms. The largest absolute Gasteiger partial charge is 0.573 e. The number of piperazine rings is 1. The number of carbonyl (C=O) groups is 1. The van der Waals surface area contributed by atoms with Crippen LogP contribution in [-0.2, 0) is 11.3 Å². The van der Waals surface area contributed by atoms with E-state index >= 15 is 0 Å². The molecule has 33 heavy (non-hydrogen) atoms. The molecule has 1 fully saturated rings. The molecule has 1 heterocycles. The van der Waals surface area contributed by atoms with Crippen molar-refractivity contribution in [1.29, 1.82) is 0 Å². The number of benzene rings is 2. The first kappa shape index (κ1) is 26.6. The van der Waals surface area contributed by atoms with Crippen LogP contribution in [0.1, 0.15) is 5.56 Å². The molecule has 2 N–H and O–H groups in total. The average molecular weight is 577 g/mol. The Labute approximate surface area is 208 Å². The van der Waals surface area contributed by atoms with Crippen molar-refractivity contribution in [3.8, 4) is 5.75 Å². The van der Waals surface area contributed by atoms with Crippen LogP contribution in [0.2, 0.25) is 0 Å². The number of rotatable bonds is 6. The van der Waals surface area contributed by atoms with Crippen molar-refractivity contribution >= 4 is 41.5 Å². The van der Waals surface area contributed by atoms with Gasteiger partial charge in [-0.25, -0.2) is 0 Å². The maximum absolute atomic E-state index is 12.6. The standard InChI is InChI=1S/C22H26F3N5O2.HI/c1-26-21(27-15-17-7-5-6-10-19(17)32-22(23,24)25)28-16-20(31)30-13-11-29(12-14-30)18-8-3-2-4-9-18;/h2-10H,11-16H2,1H3,(H2,26,27,28);1H. The predicted molar refractivity (Wildman–Crippen MR) is 132 cm³/mol. The lowest BCUT2D eigenvalue weighted by molar-refractivity contribution is -0.274. The molecular weight excluding hydrogens is 550 g/mol. The van der Waals surface area contributed by atoms with E-state index in [1.54, 1.807) is 11.0 Å². The molecule has 0 bridgehead atoms. The Morgan fingerprint density at radius 1 is 1.00 bits per heavy atom. The number of nitrogens with one attached hydrogen (secondary N) is 2. The maximum atomic E-state index is 12.6. The Kier molecular flexibility index (Phi) is 10.1. The number of hydrogen-bond acceptors (Lipinski definition) is 4. The highest BCUT2D eigenvalue weighted by Crippen LogP contribution is 2.26. The van der Waals surface area contributed by atoms with Gasteiger partial charge in [0.1, 0.15) is 5.75 Å². The van der Waals surface area contributed by atoms with Gasteiger partial charge in [0.05, 0.1) is 6.54 Å². The molecule has 2 aromatic rings. The van der Waals surface area contributed by atoms with Crippen LogP contribution in [0.15, 0.2) is 59.6 Å². The van der Waals surface area contributed by atoms with Crippen LogP contribution < -0.4 is 20.3 Å². The van der Waals surface area contributed by atoms with Crippen molar-refractivity contribution < 1.29 is 22.7 Å². The van der Waals surface area contributed by atoms with E-state index in [1.807, 2.05) is 30.3 Å². The number of hydrogen-bond donors (Lipinski definition) is 2. The van der Waals surface area contributed by atoms with Gasteiger partial charge in [0.25, 0.3) is 0 Å². The number of alkyl halides is 3. The highest BCUT2D eigenvalue weighted by Gasteiger charge is 2.32. The Morgan fingerprint density at radius 3 is 2.27 bits per heavy atom. The summed E-state index contributed by atoms with van der Waals surface area (Å²) in [7, 11) is 1.52. The fourth-order valence-electron chi connectivity index (χ4n) is 3.40. The van der Waals surface area contributed by atoms with Crippen LogP contribution >= 0.6 is 24.0 Å². The van der Waals surface area contributed by atoms with Gasteiger partial charge < -0.3 is 25.2 Å². The number of ether oxygens (including phenoxy) is 1. The van der Waals surface area contributed by atoms with Crippen LogP contribution in [0.5, 0.6) is 5.75 Å². The Bertz CT molecular complexity index is 920. The summed E-state index contributed by atoms with van der Waals surface area (Å²) in [6.45, 7) is 2.81. The molecule has 0 aliphatic carbocycles. The summed E-state index contributed by atoms with van der Waals surface area (Å²) in [5.74, 6) is -0.0418. The van der Waals surface area contributed by atoms with Gasteiger partial charge in [-0.15, -0.1) is 37.1 Å². The zero-order chi connectivity index (χ0) is 23.0. The van der Waals surface area contributed by atoms with Crippen molar-refractivity contribution in [3.05, 3.63) is 60.2 Å². The first-order chi connectivity index (χ1) is 15.4. The second-order valence-electron chi connectivity index (χ2n) is 7.14. The van der Waals surface area contributed by atoms with Gasteiger partial charge in [-0.05, 0) is 18.2 Å². The molecule has 3 rings (SSSR count). The minimum atomic E-state index is -4.77. The SMILES string of the molecule is CN=C(NCC(=O)N1CCN(c2ccccc2)CC1)NCc1ccccc1OC(F)(F)F.I. The van der Waals surface area contributed by atoms with Crippen LogP contribution in [0.4, 0.5) is 18.9 Å². The molecule has 0 aromatic heterocycles. The molecule has 0 spiro atoms. The Balaban J connectivity index is 0.00000385. The molecule has 1 amide bonds. The topological polar surface area (TPSA) is 69.2 Å². The van der Waals surface area contributed by atoms with Crippen molar-refractivity contribution in [1.82, 2.24) is 15.5 Å². The summed E-state index contributed by atoms with van der Waals surface area (Å²) in [5.41, 5.74) is 1.45. The van der Waals surface area contributed by atoms with Crippen molar-refractivity contribution in [3.63, 3.8) is 0 Å². The summed E-state index contributed by atoms with van der Waals surface area (Å²) in [4.78, 5) is 20.6. The van der Waals surface area contributed by atoms with Crippen molar-refractivity contribution in [2.45, 2.75) is 12.9 Å². The number of guanidine groups is 1. The maximum Gasteiger partial charge on any atom is 0.573 e. The number of anilines is 1. The minimum absolute atomic E-state index is 0. The van der Waals surface area contributed by atoms with Crippen LogP contribution in [0.25, 0.3) is 0 Å². The summed E-state index contributed by atoms with van der Waals surface area (Å²) >= 11 is 0. The molecule has 0 saturated carbocycles. The van der Waals surface area contributed by atoms with Crippen molar-refractivity contribution in [2.24, 2.45) is 4.99 Å². The molecule has 7 nitrogen and oxygen atoms in total. The lowest BCUT2D eigenvalue weighted by atomic mass is 10.2. The molecule has 0 radical (unpaired) electrons. The van der Waals surface area contributed by atoms with Crippen LogP contribution in [0, 0.1) is 0 Å². The van der Waals surface area contributed by atoms with E-state index in [0.717, 1.165) is 18.8 Å². The number of carbonyl (C=O) groups excluding carboxylic acids is 1. The molecule has 2 aromatic carbocycles. The molecule has 0 unspecified atom stereocenters. The third kappa shape index (κ3) is 8.30. The molecule has 1 aliphatic heterocycles. The smallest absolute Gasteiger partial charge is 0.405 e. The number of halogens is 4. The summed E-state index contributed by atoms with van der Waals surface area (Å²) in [5, 5.41) is 5.83. The van der Waals surface area contributed by atoms with Crippen molar-refractivity contribution in [2.75, 3.05) is 44.7 Å². The first-order valence-electron chi connectivity index (χ1n) is 10.2. The Morgan fingerprint density at radius 2 is 1.64 bits per heavy atom. The fraction of sp³-hybridized carbons (Fsp3) is 0.364. The van der Waals surface area contributed by atoms with E-state index in [0.29, 0.717) is 24.6 Å². The zero-order valence-electron chi connectivity index (χ0n) is 18.1.